The van der Waals surface area contributed by atoms with Gasteiger partial charge in [0.1, 0.15) is 5.69 Å². The van der Waals surface area contributed by atoms with Crippen LogP contribution in [0.25, 0.3) is 0 Å². The molecule has 2 aromatic rings. The Balaban J connectivity index is 2.30. The predicted octanol–water partition coefficient (Wildman–Crippen LogP) is 4.47. The number of nitrogens with zero attached hydrogens (tertiary/aromatic N) is 2. The topological polar surface area (TPSA) is 75.5 Å². The van der Waals surface area contributed by atoms with Gasteiger partial charge in [-0.25, -0.2) is 0 Å². The quantitative estimate of drug-likeness (QED) is 0.436. The molecule has 0 aromatic heterocycles. The van der Waals surface area contributed by atoms with Crippen LogP contribution in [0, 0.1) is 10.1 Å². The van der Waals surface area contributed by atoms with Crippen molar-refractivity contribution in [3.63, 3.8) is 0 Å². The zero-order valence-electron chi connectivity index (χ0n) is 14.6. The summed E-state index contributed by atoms with van der Waals surface area (Å²) in [4.78, 5) is 25.3. The van der Waals surface area contributed by atoms with Gasteiger partial charge in [0, 0.05) is 30.4 Å². The van der Waals surface area contributed by atoms with Crippen LogP contribution in [0.2, 0.25) is 0 Å². The van der Waals surface area contributed by atoms with Crippen molar-refractivity contribution in [1.29, 1.82) is 0 Å². The highest BCUT2D eigenvalue weighted by atomic mass is 16.6. The van der Waals surface area contributed by atoms with Crippen molar-refractivity contribution < 1.29 is 9.72 Å². The lowest BCUT2D eigenvalue weighted by Gasteiger charge is -2.21. The normalized spacial score (nSPS) is 10.3. The number of nitro benzene ring substituents is 1. The van der Waals surface area contributed by atoms with E-state index in [9.17, 15) is 14.9 Å². The molecule has 0 fully saturated rings. The molecule has 0 aliphatic rings. The van der Waals surface area contributed by atoms with Gasteiger partial charge in [-0.1, -0.05) is 31.5 Å². The fourth-order valence-electron chi connectivity index (χ4n) is 2.57. The first-order valence-electron chi connectivity index (χ1n) is 8.47. The minimum absolute atomic E-state index is 0.0777. The number of carbonyl (C=O) groups excluding carboxylic acids is 1. The third-order valence-corrected chi connectivity index (χ3v) is 3.92. The molecule has 2 aromatic carbocycles. The monoisotopic (exact) mass is 341 g/mol. The molecule has 0 saturated carbocycles. The Hall–Kier alpha value is -2.89. The summed E-state index contributed by atoms with van der Waals surface area (Å²) in [6.45, 7) is 5.07. The lowest BCUT2D eigenvalue weighted by molar-refractivity contribution is -0.384. The third-order valence-electron chi connectivity index (χ3n) is 3.92. The number of rotatable bonds is 8. The van der Waals surface area contributed by atoms with Crippen LogP contribution in [0.3, 0.4) is 0 Å². The maximum absolute atomic E-state index is 12.8. The minimum Gasteiger partial charge on any atom is -0.379 e. The van der Waals surface area contributed by atoms with Crippen molar-refractivity contribution in [2.45, 2.75) is 26.7 Å². The van der Waals surface area contributed by atoms with Crippen LogP contribution < -0.4 is 10.2 Å². The van der Waals surface area contributed by atoms with E-state index in [-0.39, 0.29) is 11.6 Å². The van der Waals surface area contributed by atoms with Crippen molar-refractivity contribution in [2.24, 2.45) is 0 Å². The van der Waals surface area contributed by atoms with Crippen LogP contribution in [0.5, 0.6) is 0 Å². The number of amides is 1. The summed E-state index contributed by atoms with van der Waals surface area (Å²) in [6, 6.07) is 13.9. The molecular weight excluding hydrogens is 318 g/mol. The molecular formula is C19H23N3O3. The van der Waals surface area contributed by atoms with Gasteiger partial charge < -0.3 is 10.2 Å². The summed E-state index contributed by atoms with van der Waals surface area (Å²) in [5.74, 6) is -0.253. The second kappa shape index (κ2) is 8.82. The van der Waals surface area contributed by atoms with Crippen LogP contribution in [-0.2, 0) is 0 Å². The molecule has 6 nitrogen and oxygen atoms in total. The minimum atomic E-state index is -0.455. The average Bonchev–Trinajstić information content (AvgIpc) is 2.63. The van der Waals surface area contributed by atoms with Crippen molar-refractivity contribution in [3.8, 4) is 0 Å². The SMILES string of the molecule is CCCCNc1ccc(C(=O)N(CC)c2ccccc2)cc1[N+](=O)[O-]. The van der Waals surface area contributed by atoms with Gasteiger partial charge in [0.25, 0.3) is 11.6 Å². The Labute approximate surface area is 147 Å². The van der Waals surface area contributed by atoms with Crippen LogP contribution in [0.1, 0.15) is 37.0 Å². The van der Waals surface area contributed by atoms with E-state index in [0.29, 0.717) is 24.3 Å². The first-order chi connectivity index (χ1) is 12.1. The number of nitro groups is 1. The smallest absolute Gasteiger partial charge is 0.293 e. The van der Waals surface area contributed by atoms with Crippen molar-refractivity contribution >= 4 is 23.0 Å². The van der Waals surface area contributed by atoms with Crippen LogP contribution in [0.4, 0.5) is 17.1 Å². The van der Waals surface area contributed by atoms with Gasteiger partial charge in [0.15, 0.2) is 0 Å². The van der Waals surface area contributed by atoms with E-state index in [0.717, 1.165) is 18.5 Å². The molecule has 25 heavy (non-hydrogen) atoms. The van der Waals surface area contributed by atoms with E-state index in [4.69, 9.17) is 0 Å². The van der Waals surface area contributed by atoms with E-state index >= 15 is 0 Å². The Morgan fingerprint density at radius 3 is 2.48 bits per heavy atom. The number of anilines is 2. The zero-order chi connectivity index (χ0) is 18.2. The first-order valence-corrected chi connectivity index (χ1v) is 8.47. The van der Waals surface area contributed by atoms with Gasteiger partial charge in [0.2, 0.25) is 0 Å². The highest BCUT2D eigenvalue weighted by molar-refractivity contribution is 6.06. The van der Waals surface area contributed by atoms with E-state index in [1.54, 1.807) is 17.0 Å². The van der Waals surface area contributed by atoms with Crippen molar-refractivity contribution in [2.75, 3.05) is 23.3 Å². The Kier molecular flexibility index (Phi) is 6.51. The molecule has 0 aliphatic carbocycles. The average molecular weight is 341 g/mol. The number of hydrogen-bond donors (Lipinski definition) is 1. The van der Waals surface area contributed by atoms with Gasteiger partial charge in [-0.3, -0.25) is 14.9 Å². The zero-order valence-corrected chi connectivity index (χ0v) is 14.6. The van der Waals surface area contributed by atoms with Gasteiger partial charge in [-0.2, -0.15) is 0 Å². The summed E-state index contributed by atoms with van der Waals surface area (Å²) in [5, 5.41) is 14.4. The standard InChI is InChI=1S/C19H23N3O3/c1-3-5-13-20-17-12-11-15(14-18(17)22(24)25)19(23)21(4-2)16-9-7-6-8-10-16/h6-12,14,20H,3-5,13H2,1-2H3. The van der Waals surface area contributed by atoms with Gasteiger partial charge in [-0.05, 0) is 37.6 Å². The van der Waals surface area contributed by atoms with Crippen molar-refractivity contribution in [1.82, 2.24) is 0 Å². The van der Waals surface area contributed by atoms with Crippen molar-refractivity contribution in [3.05, 3.63) is 64.2 Å². The largest absolute Gasteiger partial charge is 0.379 e. The molecule has 0 spiro atoms. The van der Waals surface area contributed by atoms with Gasteiger partial charge in [0.05, 0.1) is 4.92 Å². The molecule has 1 N–H and O–H groups in total. The number of hydrogen-bond acceptors (Lipinski definition) is 4. The Morgan fingerprint density at radius 1 is 1.16 bits per heavy atom. The second-order valence-corrected chi connectivity index (χ2v) is 5.65. The van der Waals surface area contributed by atoms with E-state index < -0.39 is 4.92 Å². The number of para-hydroxylation sites is 1. The second-order valence-electron chi connectivity index (χ2n) is 5.65. The van der Waals surface area contributed by atoms with Gasteiger partial charge in [-0.15, -0.1) is 0 Å². The fraction of sp³-hybridized carbons (Fsp3) is 0.316. The summed E-state index contributed by atoms with van der Waals surface area (Å²) in [6.07, 6.45) is 1.93. The molecule has 0 radical (unpaired) electrons. The number of unbranched alkanes of at least 4 members (excludes halogenated alkanes) is 1. The molecule has 0 heterocycles. The van der Waals surface area contributed by atoms with E-state index in [2.05, 4.69) is 12.2 Å². The molecule has 0 saturated heterocycles. The molecule has 0 bridgehead atoms. The highest BCUT2D eigenvalue weighted by Gasteiger charge is 2.21. The maximum atomic E-state index is 12.8. The van der Waals surface area contributed by atoms with Crippen LogP contribution in [0.15, 0.2) is 48.5 Å². The maximum Gasteiger partial charge on any atom is 0.293 e. The number of carbonyl (C=O) groups is 1. The molecule has 0 atom stereocenters. The Morgan fingerprint density at radius 2 is 1.88 bits per heavy atom. The van der Waals surface area contributed by atoms with Crippen LogP contribution >= 0.6 is 0 Å². The molecule has 1 amide bonds. The number of benzene rings is 2. The van der Waals surface area contributed by atoms with Crippen LogP contribution in [-0.4, -0.2) is 23.9 Å². The summed E-state index contributed by atoms with van der Waals surface area (Å²) in [5.41, 5.74) is 1.44. The third kappa shape index (κ3) is 4.56. The number of nitrogens with one attached hydrogen (secondary N) is 1. The van der Waals surface area contributed by atoms with E-state index in [1.165, 1.54) is 6.07 Å². The molecule has 132 valence electrons. The lowest BCUT2D eigenvalue weighted by atomic mass is 10.1. The molecule has 2 rings (SSSR count). The van der Waals surface area contributed by atoms with Gasteiger partial charge >= 0.3 is 0 Å². The molecule has 0 aliphatic heterocycles. The predicted molar refractivity (Wildman–Crippen MR) is 100 cm³/mol. The lowest BCUT2D eigenvalue weighted by Crippen LogP contribution is -2.30. The Bertz CT molecular complexity index is 732. The first kappa shape index (κ1) is 18.4. The van der Waals surface area contributed by atoms with E-state index in [1.807, 2.05) is 37.3 Å². The summed E-state index contributed by atoms with van der Waals surface area (Å²) in [7, 11) is 0. The molecule has 0 unspecified atom stereocenters. The summed E-state index contributed by atoms with van der Waals surface area (Å²) < 4.78 is 0. The molecule has 6 heteroatoms. The highest BCUT2D eigenvalue weighted by Crippen LogP contribution is 2.27. The summed E-state index contributed by atoms with van der Waals surface area (Å²) >= 11 is 0. The fourth-order valence-corrected chi connectivity index (χ4v) is 2.57.